The molecule has 0 bridgehead atoms. The van der Waals surface area contributed by atoms with Crippen LogP contribution in [0.4, 0.5) is 22.7 Å². The van der Waals surface area contributed by atoms with Crippen LogP contribution < -0.4 is 0 Å². The van der Waals surface area contributed by atoms with E-state index < -0.39 is 31.1 Å². The molecule has 0 radical (unpaired) electrons. The predicted octanol–water partition coefficient (Wildman–Crippen LogP) is 5.66. The molecular formula is C22H14N4O8. The van der Waals surface area contributed by atoms with Crippen LogP contribution in [0, 0.1) is 40.5 Å². The van der Waals surface area contributed by atoms with Gasteiger partial charge >= 0.3 is 0 Å². The standard InChI is InChI=1S/C22H14N4O8/c27-23(28)19-7-3-1-5-15(19)9-11-17-13-18(22(26(33)34)14-21(17)25(31)32)12-10-16-6-2-4-8-20(16)24(29)30/h1-14H/b11-9+,12-10+. The Hall–Kier alpha value is -5.26. The maximum Gasteiger partial charge on any atom is 0.283 e. The number of nitrogens with zero attached hydrogens (tertiary/aromatic N) is 4. The first-order valence-corrected chi connectivity index (χ1v) is 9.49. The summed E-state index contributed by atoms with van der Waals surface area (Å²) in [5.74, 6) is 0. The summed E-state index contributed by atoms with van der Waals surface area (Å²) in [6.45, 7) is 0. The Morgan fingerprint density at radius 2 is 0.765 bits per heavy atom. The highest BCUT2D eigenvalue weighted by molar-refractivity contribution is 5.83. The lowest BCUT2D eigenvalue weighted by molar-refractivity contribution is -0.394. The number of rotatable bonds is 8. The molecule has 0 heterocycles. The van der Waals surface area contributed by atoms with Gasteiger partial charge < -0.3 is 0 Å². The van der Waals surface area contributed by atoms with Crippen molar-refractivity contribution in [2.45, 2.75) is 0 Å². The molecule has 0 atom stereocenters. The molecule has 0 aromatic heterocycles. The third-order valence-corrected chi connectivity index (χ3v) is 4.72. The van der Waals surface area contributed by atoms with Crippen molar-refractivity contribution in [3.8, 4) is 0 Å². The van der Waals surface area contributed by atoms with Gasteiger partial charge in [-0.2, -0.15) is 0 Å². The maximum atomic E-state index is 11.5. The van der Waals surface area contributed by atoms with E-state index in [1.54, 1.807) is 12.1 Å². The highest BCUT2D eigenvalue weighted by Gasteiger charge is 2.23. The van der Waals surface area contributed by atoms with Gasteiger partial charge in [-0.05, 0) is 42.5 Å². The highest BCUT2D eigenvalue weighted by Crippen LogP contribution is 2.33. The van der Waals surface area contributed by atoms with Crippen LogP contribution in [0.3, 0.4) is 0 Å². The van der Waals surface area contributed by atoms with E-state index in [9.17, 15) is 40.5 Å². The smallest absolute Gasteiger partial charge is 0.258 e. The van der Waals surface area contributed by atoms with E-state index in [-0.39, 0.29) is 33.6 Å². The Kier molecular flexibility index (Phi) is 6.82. The molecule has 0 fully saturated rings. The van der Waals surface area contributed by atoms with Gasteiger partial charge in [-0.1, -0.05) is 24.3 Å². The second-order valence-corrected chi connectivity index (χ2v) is 6.78. The van der Waals surface area contributed by atoms with Crippen LogP contribution in [0.2, 0.25) is 0 Å². The summed E-state index contributed by atoms with van der Waals surface area (Å²) >= 11 is 0. The van der Waals surface area contributed by atoms with Crippen molar-refractivity contribution in [1.82, 2.24) is 0 Å². The molecule has 0 spiro atoms. The zero-order chi connectivity index (χ0) is 24.8. The normalized spacial score (nSPS) is 11.1. The third-order valence-electron chi connectivity index (χ3n) is 4.72. The first-order valence-electron chi connectivity index (χ1n) is 9.49. The number of para-hydroxylation sites is 2. The van der Waals surface area contributed by atoms with Crippen LogP contribution in [0.5, 0.6) is 0 Å². The average Bonchev–Trinajstić information content (AvgIpc) is 2.81. The van der Waals surface area contributed by atoms with Crippen LogP contribution in [0.25, 0.3) is 24.3 Å². The summed E-state index contributed by atoms with van der Waals surface area (Å²) in [6, 6.07) is 13.4. The zero-order valence-electron chi connectivity index (χ0n) is 17.1. The van der Waals surface area contributed by atoms with Gasteiger partial charge in [-0.15, -0.1) is 0 Å². The van der Waals surface area contributed by atoms with Gasteiger partial charge in [0.05, 0.1) is 48.0 Å². The number of nitro benzene ring substituents is 4. The Labute approximate surface area is 190 Å². The van der Waals surface area contributed by atoms with Crippen LogP contribution in [0.1, 0.15) is 22.3 Å². The molecule has 34 heavy (non-hydrogen) atoms. The van der Waals surface area contributed by atoms with Gasteiger partial charge in [-0.25, -0.2) is 0 Å². The predicted molar refractivity (Wildman–Crippen MR) is 124 cm³/mol. The van der Waals surface area contributed by atoms with Crippen molar-refractivity contribution in [3.63, 3.8) is 0 Å². The molecule has 0 unspecified atom stereocenters. The summed E-state index contributed by atoms with van der Waals surface area (Å²) in [6.07, 6.45) is 5.07. The molecular weight excluding hydrogens is 448 g/mol. The van der Waals surface area contributed by atoms with Crippen molar-refractivity contribution in [2.75, 3.05) is 0 Å². The minimum absolute atomic E-state index is 0.0454. The first-order chi connectivity index (χ1) is 16.2. The number of hydrogen-bond acceptors (Lipinski definition) is 8. The lowest BCUT2D eigenvalue weighted by atomic mass is 10.0. The fourth-order valence-electron chi connectivity index (χ4n) is 3.14. The van der Waals surface area contributed by atoms with Crippen molar-refractivity contribution in [3.05, 3.63) is 123 Å². The van der Waals surface area contributed by atoms with Crippen molar-refractivity contribution in [1.29, 1.82) is 0 Å². The molecule has 12 nitrogen and oxygen atoms in total. The van der Waals surface area contributed by atoms with Crippen LogP contribution >= 0.6 is 0 Å². The minimum atomic E-state index is -0.804. The average molecular weight is 462 g/mol. The molecule has 0 aliphatic carbocycles. The molecule has 3 aromatic rings. The van der Waals surface area contributed by atoms with Gasteiger partial charge in [0, 0.05) is 12.1 Å². The van der Waals surface area contributed by atoms with Crippen molar-refractivity contribution < 1.29 is 19.7 Å². The van der Waals surface area contributed by atoms with E-state index in [0.717, 1.165) is 6.07 Å². The molecule has 0 aliphatic heterocycles. The highest BCUT2D eigenvalue weighted by atomic mass is 16.6. The molecule has 0 saturated carbocycles. The van der Waals surface area contributed by atoms with Gasteiger partial charge in [-0.3, -0.25) is 40.5 Å². The number of benzene rings is 3. The Balaban J connectivity index is 2.14. The summed E-state index contributed by atoms with van der Waals surface area (Å²) in [5.41, 5.74) is -1.34. The molecule has 0 aliphatic rings. The maximum absolute atomic E-state index is 11.5. The Morgan fingerprint density at radius 3 is 1.12 bits per heavy atom. The Bertz CT molecular complexity index is 1280. The van der Waals surface area contributed by atoms with E-state index in [0.29, 0.717) is 0 Å². The van der Waals surface area contributed by atoms with Crippen LogP contribution in [-0.4, -0.2) is 19.7 Å². The van der Waals surface area contributed by atoms with Crippen molar-refractivity contribution in [2.24, 2.45) is 0 Å². The Morgan fingerprint density at radius 1 is 0.441 bits per heavy atom. The SMILES string of the molecule is O=[N+]([O-])c1ccccc1/C=C/c1cc(/C=C/c2ccccc2[N+](=O)[O-])c([N+](=O)[O-])cc1[N+](=O)[O-]. The third kappa shape index (κ3) is 5.13. The fourth-order valence-corrected chi connectivity index (χ4v) is 3.14. The largest absolute Gasteiger partial charge is 0.283 e. The number of hydrogen-bond donors (Lipinski definition) is 0. The van der Waals surface area contributed by atoms with Gasteiger partial charge in [0.1, 0.15) is 0 Å². The monoisotopic (exact) mass is 462 g/mol. The van der Waals surface area contributed by atoms with Gasteiger partial charge in [0.2, 0.25) is 0 Å². The molecule has 170 valence electrons. The van der Waals surface area contributed by atoms with Crippen LogP contribution in [0.15, 0.2) is 60.7 Å². The van der Waals surface area contributed by atoms with E-state index in [1.165, 1.54) is 66.8 Å². The van der Waals surface area contributed by atoms with E-state index in [1.807, 2.05) is 0 Å². The van der Waals surface area contributed by atoms with Crippen LogP contribution in [-0.2, 0) is 0 Å². The second kappa shape index (κ2) is 9.91. The van der Waals surface area contributed by atoms with E-state index >= 15 is 0 Å². The molecule has 0 amide bonds. The van der Waals surface area contributed by atoms with E-state index in [4.69, 9.17) is 0 Å². The van der Waals surface area contributed by atoms with Gasteiger partial charge in [0.25, 0.3) is 22.7 Å². The summed E-state index contributed by atoms with van der Waals surface area (Å²) in [4.78, 5) is 42.7. The summed E-state index contributed by atoms with van der Waals surface area (Å²) in [7, 11) is 0. The zero-order valence-corrected chi connectivity index (χ0v) is 17.1. The molecule has 3 aromatic carbocycles. The number of nitro groups is 4. The molecule has 0 saturated heterocycles. The lowest BCUT2D eigenvalue weighted by Gasteiger charge is -2.03. The lowest BCUT2D eigenvalue weighted by Crippen LogP contribution is -1.98. The quantitative estimate of drug-likeness (QED) is 0.234. The van der Waals surface area contributed by atoms with Crippen molar-refractivity contribution >= 4 is 47.1 Å². The topological polar surface area (TPSA) is 173 Å². The second-order valence-electron chi connectivity index (χ2n) is 6.78. The fraction of sp³-hybridized carbons (Fsp3) is 0. The van der Waals surface area contributed by atoms with Gasteiger partial charge in [0.15, 0.2) is 0 Å². The first kappa shape index (κ1) is 23.4. The van der Waals surface area contributed by atoms with E-state index in [2.05, 4.69) is 0 Å². The molecule has 0 N–H and O–H groups in total. The molecule has 3 rings (SSSR count). The molecule has 12 heteroatoms. The summed E-state index contributed by atoms with van der Waals surface area (Å²) < 4.78 is 0. The summed E-state index contributed by atoms with van der Waals surface area (Å²) in [5, 5.41) is 45.5. The minimum Gasteiger partial charge on any atom is -0.258 e.